The molecule has 10 nitrogen and oxygen atoms in total. The minimum atomic E-state index is -1.11. The molecule has 3 atom stereocenters. The van der Waals surface area contributed by atoms with Gasteiger partial charge in [-0.25, -0.2) is 0 Å². The van der Waals surface area contributed by atoms with E-state index in [1.54, 1.807) is 23.1 Å². The smallest absolute Gasteiger partial charge is 0.247 e. The Morgan fingerprint density at radius 2 is 2.00 bits per heavy atom. The summed E-state index contributed by atoms with van der Waals surface area (Å²) in [6.07, 6.45) is 2.90. The average molecular weight is 647 g/mol. The molecule has 0 spiro atoms. The van der Waals surface area contributed by atoms with E-state index in [1.807, 2.05) is 6.92 Å². The average Bonchev–Trinajstić information content (AvgIpc) is 2.88. The third kappa shape index (κ3) is 7.59. The molecule has 0 heterocycles. The quantitative estimate of drug-likeness (QED) is 0.177. The Morgan fingerprint density at radius 1 is 1.24 bits per heavy atom. The van der Waals surface area contributed by atoms with Gasteiger partial charge in [0.15, 0.2) is 11.5 Å². The number of aliphatic hydroxyl groups is 3. The van der Waals surface area contributed by atoms with Crippen LogP contribution in [-0.4, -0.2) is 90.3 Å². The molecule has 3 rings (SSSR count). The molecule has 0 saturated heterocycles. The zero-order valence-corrected chi connectivity index (χ0v) is 24.2. The summed E-state index contributed by atoms with van der Waals surface area (Å²) >= 11 is 2.07. The van der Waals surface area contributed by atoms with Crippen molar-refractivity contribution in [1.82, 2.24) is 10.2 Å². The van der Waals surface area contributed by atoms with Crippen LogP contribution in [0.1, 0.15) is 44.6 Å². The van der Waals surface area contributed by atoms with Crippen molar-refractivity contribution in [2.45, 2.75) is 63.9 Å². The minimum absolute atomic E-state index is 0.0213. The number of aliphatic hydroxyl groups excluding tert-OH is 3. The molecule has 2 aliphatic carbocycles. The number of carbonyl (C=O) groups excluding carboxylic acids is 2. The number of ether oxygens (including phenoxy) is 3. The zero-order valence-electron chi connectivity index (χ0n) is 22.0. The minimum Gasteiger partial charge on any atom is -0.493 e. The van der Waals surface area contributed by atoms with Crippen LogP contribution in [0.2, 0.25) is 0 Å². The molecular weight excluding hydrogens is 607 g/mol. The first-order valence-electron chi connectivity index (χ1n) is 13.1. The molecule has 1 saturated carbocycles. The fourth-order valence-corrected chi connectivity index (χ4v) is 5.50. The number of rotatable bonds is 14. The lowest BCUT2D eigenvalue weighted by molar-refractivity contribution is -0.145. The number of benzene rings is 1. The Kier molecular flexibility index (Phi) is 12.1. The number of nitrogens with one attached hydrogen (secondary N) is 1. The van der Waals surface area contributed by atoms with E-state index in [1.165, 1.54) is 7.11 Å². The lowest BCUT2D eigenvalue weighted by Crippen LogP contribution is -2.57. The highest BCUT2D eigenvalue weighted by Gasteiger charge is 2.42. The molecule has 212 valence electrons. The van der Waals surface area contributed by atoms with E-state index in [0.717, 1.165) is 19.3 Å². The van der Waals surface area contributed by atoms with Gasteiger partial charge in [0.05, 0.1) is 29.9 Å². The maximum absolute atomic E-state index is 13.5. The van der Waals surface area contributed by atoms with Gasteiger partial charge in [0.25, 0.3) is 0 Å². The molecule has 1 fully saturated rings. The predicted octanol–water partition coefficient (Wildman–Crippen LogP) is 1.76. The van der Waals surface area contributed by atoms with Gasteiger partial charge < -0.3 is 39.7 Å². The lowest BCUT2D eigenvalue weighted by Gasteiger charge is -2.43. The van der Waals surface area contributed by atoms with E-state index in [-0.39, 0.29) is 43.9 Å². The zero-order chi connectivity index (χ0) is 27.7. The molecule has 4 N–H and O–H groups in total. The topological polar surface area (TPSA) is 138 Å². The van der Waals surface area contributed by atoms with Gasteiger partial charge in [0.1, 0.15) is 12.2 Å². The van der Waals surface area contributed by atoms with Gasteiger partial charge in [-0.15, -0.1) is 0 Å². The Hall–Kier alpha value is -1.93. The van der Waals surface area contributed by atoms with Crippen molar-refractivity contribution in [3.05, 3.63) is 32.9 Å². The summed E-state index contributed by atoms with van der Waals surface area (Å²) in [6.45, 7) is 3.07. The summed E-state index contributed by atoms with van der Waals surface area (Å²) in [7, 11) is 1.49. The Labute approximate surface area is 237 Å². The van der Waals surface area contributed by atoms with Crippen molar-refractivity contribution in [3.8, 4) is 11.5 Å². The molecule has 1 aromatic carbocycles. The first-order chi connectivity index (χ1) is 18.3. The second-order valence-corrected chi connectivity index (χ2v) is 10.7. The Morgan fingerprint density at radius 3 is 2.61 bits per heavy atom. The van der Waals surface area contributed by atoms with E-state index < -0.39 is 18.2 Å². The third-order valence-electron chi connectivity index (χ3n) is 6.97. The first-order valence-corrected chi connectivity index (χ1v) is 14.2. The van der Waals surface area contributed by atoms with Gasteiger partial charge in [0.2, 0.25) is 11.8 Å². The normalized spacial score (nSPS) is 21.3. The summed E-state index contributed by atoms with van der Waals surface area (Å²) < 4.78 is 17.9. The predicted molar refractivity (Wildman–Crippen MR) is 149 cm³/mol. The molecule has 11 heteroatoms. The number of carbonyl (C=O) groups is 2. The van der Waals surface area contributed by atoms with Crippen molar-refractivity contribution in [1.29, 1.82) is 0 Å². The maximum atomic E-state index is 13.5. The summed E-state index contributed by atoms with van der Waals surface area (Å²) in [6, 6.07) is 2.72. The second kappa shape index (κ2) is 15.0. The van der Waals surface area contributed by atoms with E-state index >= 15 is 0 Å². The summed E-state index contributed by atoms with van der Waals surface area (Å²) in [5.41, 5.74) is 1.02. The lowest BCUT2D eigenvalue weighted by atomic mass is 9.82. The molecule has 2 aliphatic rings. The Balaban J connectivity index is 1.95. The van der Waals surface area contributed by atoms with Crippen molar-refractivity contribution < 1.29 is 39.1 Å². The van der Waals surface area contributed by atoms with Crippen LogP contribution in [-0.2, 0) is 20.9 Å². The van der Waals surface area contributed by atoms with Crippen LogP contribution in [0.5, 0.6) is 11.5 Å². The summed E-state index contributed by atoms with van der Waals surface area (Å²) in [5, 5.41) is 33.0. The van der Waals surface area contributed by atoms with Crippen LogP contribution in [0.15, 0.2) is 23.8 Å². The van der Waals surface area contributed by atoms with Gasteiger partial charge in [-0.05, 0) is 72.5 Å². The molecule has 0 radical (unpaired) electrons. The monoisotopic (exact) mass is 646 g/mol. The molecule has 0 unspecified atom stereocenters. The van der Waals surface area contributed by atoms with Crippen molar-refractivity contribution in [2.75, 3.05) is 40.0 Å². The van der Waals surface area contributed by atoms with Crippen LogP contribution in [0.3, 0.4) is 0 Å². The van der Waals surface area contributed by atoms with Gasteiger partial charge in [-0.1, -0.05) is 6.42 Å². The first kappa shape index (κ1) is 30.6. The number of hydrogen-bond acceptors (Lipinski definition) is 8. The number of hydrogen-bond donors (Lipinski definition) is 4. The van der Waals surface area contributed by atoms with Crippen molar-refractivity contribution >= 4 is 34.4 Å². The van der Waals surface area contributed by atoms with Crippen LogP contribution >= 0.6 is 22.6 Å². The van der Waals surface area contributed by atoms with Crippen LogP contribution in [0.25, 0.3) is 0 Å². The van der Waals surface area contributed by atoms with Crippen molar-refractivity contribution in [3.63, 3.8) is 0 Å². The molecule has 38 heavy (non-hydrogen) atoms. The molecule has 0 aromatic heterocycles. The van der Waals surface area contributed by atoms with Crippen LogP contribution in [0, 0.1) is 9.49 Å². The standard InChI is InChI=1S/C27H39IN2O8/c1-3-37-11-5-9-30(27(35)18-6-4-7-18)21-14-19(26(34)29-8-10-31)15-22(24(21)33)38-25-20(28)12-17(16-32)13-23(25)36-2/h12-13,15,18,21-22,24,31-33H,3-11,14,16H2,1-2H3,(H,29,34)/t21-,22+,24+/m1/s1. The molecule has 0 aliphatic heterocycles. The van der Waals surface area contributed by atoms with E-state index in [0.29, 0.717) is 52.4 Å². The molecular formula is C27H39IN2O8. The van der Waals surface area contributed by atoms with E-state index in [2.05, 4.69) is 27.9 Å². The van der Waals surface area contributed by atoms with Crippen LogP contribution < -0.4 is 14.8 Å². The molecule has 1 aromatic rings. The fraction of sp³-hybridized carbons (Fsp3) is 0.630. The number of methoxy groups -OCH3 is 1. The highest BCUT2D eigenvalue weighted by molar-refractivity contribution is 14.1. The van der Waals surface area contributed by atoms with Crippen molar-refractivity contribution in [2.24, 2.45) is 5.92 Å². The largest absolute Gasteiger partial charge is 0.493 e. The summed E-state index contributed by atoms with van der Waals surface area (Å²) in [4.78, 5) is 28.2. The van der Waals surface area contributed by atoms with Gasteiger partial charge in [0, 0.05) is 44.2 Å². The van der Waals surface area contributed by atoms with E-state index in [9.17, 15) is 24.9 Å². The fourth-order valence-electron chi connectivity index (χ4n) is 4.70. The maximum Gasteiger partial charge on any atom is 0.247 e. The number of halogens is 1. The van der Waals surface area contributed by atoms with Crippen LogP contribution in [0.4, 0.5) is 0 Å². The Bertz CT molecular complexity index is 984. The second-order valence-electron chi connectivity index (χ2n) is 9.49. The highest BCUT2D eigenvalue weighted by atomic mass is 127. The molecule has 2 amide bonds. The van der Waals surface area contributed by atoms with E-state index in [4.69, 9.17) is 14.2 Å². The highest BCUT2D eigenvalue weighted by Crippen LogP contribution is 2.38. The summed E-state index contributed by atoms with van der Waals surface area (Å²) in [5.74, 6) is 0.265. The SMILES string of the molecule is CCOCCCN(C(=O)C1CCC1)[C@@H]1CC(C(=O)NCCO)=C[C@H](Oc2c(I)cc(CO)cc2OC)[C@H]1O. The van der Waals surface area contributed by atoms with Gasteiger partial charge in [-0.3, -0.25) is 9.59 Å². The third-order valence-corrected chi connectivity index (χ3v) is 7.77. The van der Waals surface area contributed by atoms with Gasteiger partial charge in [-0.2, -0.15) is 0 Å². The number of amides is 2. The number of nitrogens with zero attached hydrogens (tertiary/aromatic N) is 1. The molecule has 0 bridgehead atoms. The van der Waals surface area contributed by atoms with Gasteiger partial charge >= 0.3 is 0 Å².